The van der Waals surface area contributed by atoms with Crippen LogP contribution < -0.4 is 0 Å². The molecule has 2 rings (SSSR count). The highest BCUT2D eigenvalue weighted by molar-refractivity contribution is 6.28. The van der Waals surface area contributed by atoms with Gasteiger partial charge in [-0.3, -0.25) is 0 Å². The van der Waals surface area contributed by atoms with Gasteiger partial charge in [0, 0.05) is 6.07 Å². The fourth-order valence-electron chi connectivity index (χ4n) is 0.975. The molecule has 0 saturated heterocycles. The van der Waals surface area contributed by atoms with Gasteiger partial charge in [0.2, 0.25) is 5.28 Å². The van der Waals surface area contributed by atoms with Crippen LogP contribution in [0.3, 0.4) is 0 Å². The van der Waals surface area contributed by atoms with Crippen molar-refractivity contribution in [2.24, 2.45) is 0 Å². The van der Waals surface area contributed by atoms with Gasteiger partial charge in [-0.1, -0.05) is 0 Å². The van der Waals surface area contributed by atoms with E-state index in [1.54, 1.807) is 12.3 Å². The third-order valence-electron chi connectivity index (χ3n) is 1.45. The van der Waals surface area contributed by atoms with Gasteiger partial charge in [-0.05, 0) is 18.5 Å². The molecule has 2 aromatic rings. The number of nitrogens with zero attached hydrogens (tertiary/aromatic N) is 2. The van der Waals surface area contributed by atoms with Crippen molar-refractivity contribution in [2.75, 3.05) is 0 Å². The molecular weight excluding hydrogens is 164 g/mol. The number of fused-ring (bicyclic) bond motifs is 1. The Labute approximate surface area is 68.0 Å². The fourth-order valence-corrected chi connectivity index (χ4v) is 1.19. The minimum Gasteiger partial charge on any atom is -0.461 e. The third-order valence-corrected chi connectivity index (χ3v) is 1.61. The van der Waals surface area contributed by atoms with Gasteiger partial charge in [-0.2, -0.15) is 0 Å². The van der Waals surface area contributed by atoms with E-state index in [4.69, 9.17) is 16.0 Å². The van der Waals surface area contributed by atoms with Gasteiger partial charge in [-0.25, -0.2) is 9.97 Å². The maximum Gasteiger partial charge on any atom is 0.223 e. The first-order chi connectivity index (χ1) is 5.27. The highest BCUT2D eigenvalue weighted by Crippen LogP contribution is 2.17. The molecule has 3 nitrogen and oxygen atoms in total. The Morgan fingerprint density at radius 2 is 2.27 bits per heavy atom. The van der Waals surface area contributed by atoms with E-state index in [9.17, 15) is 0 Å². The van der Waals surface area contributed by atoms with Crippen LogP contribution in [0.5, 0.6) is 0 Å². The zero-order valence-electron chi connectivity index (χ0n) is 5.84. The van der Waals surface area contributed by atoms with Crippen LogP contribution >= 0.6 is 11.6 Å². The Morgan fingerprint density at radius 3 is 3.09 bits per heavy atom. The number of furan rings is 1. The van der Waals surface area contributed by atoms with Crippen molar-refractivity contribution in [3.05, 3.63) is 23.3 Å². The zero-order valence-corrected chi connectivity index (χ0v) is 6.59. The van der Waals surface area contributed by atoms with Crippen LogP contribution in [0.15, 0.2) is 16.7 Å². The molecule has 0 aromatic carbocycles. The molecule has 0 atom stereocenters. The van der Waals surface area contributed by atoms with Crippen molar-refractivity contribution >= 4 is 22.7 Å². The molecule has 2 aromatic heterocycles. The summed E-state index contributed by atoms with van der Waals surface area (Å²) in [5.41, 5.74) is 2.22. The first kappa shape index (κ1) is 6.61. The smallest absolute Gasteiger partial charge is 0.223 e. The fraction of sp³-hybridized carbons (Fsp3) is 0.143. The Morgan fingerprint density at radius 1 is 1.45 bits per heavy atom. The van der Waals surface area contributed by atoms with Crippen LogP contribution in [0, 0.1) is 6.92 Å². The minimum absolute atomic E-state index is 0.261. The average Bonchev–Trinajstić information content (AvgIpc) is 2.34. The van der Waals surface area contributed by atoms with Crippen molar-refractivity contribution in [3.63, 3.8) is 0 Å². The van der Waals surface area contributed by atoms with Crippen molar-refractivity contribution in [2.45, 2.75) is 6.92 Å². The number of hydrogen-bond acceptors (Lipinski definition) is 3. The highest BCUT2D eigenvalue weighted by atomic mass is 35.5. The number of rotatable bonds is 0. The predicted molar refractivity (Wildman–Crippen MR) is 41.6 cm³/mol. The molecule has 11 heavy (non-hydrogen) atoms. The van der Waals surface area contributed by atoms with Gasteiger partial charge in [0.05, 0.1) is 12.0 Å². The summed E-state index contributed by atoms with van der Waals surface area (Å²) in [6.07, 6.45) is 1.57. The monoisotopic (exact) mass is 168 g/mol. The van der Waals surface area contributed by atoms with Gasteiger partial charge < -0.3 is 4.42 Å². The Kier molecular flexibility index (Phi) is 1.32. The molecule has 56 valence electrons. The summed E-state index contributed by atoms with van der Waals surface area (Å²) in [6.45, 7) is 1.83. The SMILES string of the molecule is Cc1nc(Cl)nc2ccoc12. The molecule has 0 saturated carbocycles. The summed E-state index contributed by atoms with van der Waals surface area (Å²) in [5.74, 6) is 0. The van der Waals surface area contributed by atoms with Gasteiger partial charge in [-0.15, -0.1) is 0 Å². The molecule has 0 aliphatic rings. The first-order valence-corrected chi connectivity index (χ1v) is 3.52. The molecule has 0 radical (unpaired) electrons. The largest absolute Gasteiger partial charge is 0.461 e. The Bertz CT molecular complexity index is 396. The number of aromatic nitrogens is 2. The van der Waals surface area contributed by atoms with Gasteiger partial charge >= 0.3 is 0 Å². The highest BCUT2D eigenvalue weighted by Gasteiger charge is 2.04. The predicted octanol–water partition coefficient (Wildman–Crippen LogP) is 2.18. The van der Waals surface area contributed by atoms with Crippen LogP contribution in [0.2, 0.25) is 5.28 Å². The van der Waals surface area contributed by atoms with Crippen molar-refractivity contribution in [1.29, 1.82) is 0 Å². The summed E-state index contributed by atoms with van der Waals surface area (Å²) in [6, 6.07) is 1.76. The van der Waals surface area contributed by atoms with E-state index in [2.05, 4.69) is 9.97 Å². The Hall–Kier alpha value is -1.09. The van der Waals surface area contributed by atoms with Crippen molar-refractivity contribution in [1.82, 2.24) is 9.97 Å². The molecule has 2 heterocycles. The lowest BCUT2D eigenvalue weighted by molar-refractivity contribution is 0.610. The normalized spacial score (nSPS) is 10.7. The van der Waals surface area contributed by atoms with Crippen LogP contribution in [0.25, 0.3) is 11.1 Å². The maximum absolute atomic E-state index is 5.62. The topological polar surface area (TPSA) is 38.9 Å². The summed E-state index contributed by atoms with van der Waals surface area (Å²) < 4.78 is 5.12. The summed E-state index contributed by atoms with van der Waals surface area (Å²) >= 11 is 5.62. The summed E-state index contributed by atoms with van der Waals surface area (Å²) in [5, 5.41) is 0.261. The molecule has 0 amide bonds. The van der Waals surface area contributed by atoms with Crippen LogP contribution in [0.4, 0.5) is 0 Å². The molecule has 0 N–H and O–H groups in total. The van der Waals surface area contributed by atoms with Crippen LogP contribution in [-0.4, -0.2) is 9.97 Å². The maximum atomic E-state index is 5.62. The van der Waals surface area contributed by atoms with Crippen molar-refractivity contribution in [3.8, 4) is 0 Å². The van der Waals surface area contributed by atoms with E-state index in [0.717, 1.165) is 11.2 Å². The number of aryl methyl sites for hydroxylation is 1. The average molecular weight is 169 g/mol. The summed E-state index contributed by atoms with van der Waals surface area (Å²) in [7, 11) is 0. The second kappa shape index (κ2) is 2.20. The second-order valence-corrected chi connectivity index (χ2v) is 2.55. The number of halogens is 1. The van der Waals surface area contributed by atoms with Gasteiger partial charge in [0.15, 0.2) is 5.58 Å². The molecule has 0 spiro atoms. The van der Waals surface area contributed by atoms with Gasteiger partial charge in [0.1, 0.15) is 5.52 Å². The third kappa shape index (κ3) is 0.973. The molecule has 0 fully saturated rings. The molecular formula is C7H5ClN2O. The molecule has 0 bridgehead atoms. The minimum atomic E-state index is 0.261. The van der Waals surface area contributed by atoms with E-state index in [0.29, 0.717) is 5.58 Å². The molecule has 0 aliphatic carbocycles. The first-order valence-electron chi connectivity index (χ1n) is 3.15. The van der Waals surface area contributed by atoms with E-state index < -0.39 is 0 Å². The molecule has 4 heteroatoms. The lowest BCUT2D eigenvalue weighted by Gasteiger charge is -1.92. The van der Waals surface area contributed by atoms with Crippen LogP contribution in [-0.2, 0) is 0 Å². The van der Waals surface area contributed by atoms with E-state index in [1.807, 2.05) is 6.92 Å². The van der Waals surface area contributed by atoms with Crippen LogP contribution in [0.1, 0.15) is 5.69 Å². The lowest BCUT2D eigenvalue weighted by atomic mass is 10.4. The lowest BCUT2D eigenvalue weighted by Crippen LogP contribution is -1.85. The molecule has 0 aliphatic heterocycles. The number of hydrogen-bond donors (Lipinski definition) is 0. The molecule has 0 unspecified atom stereocenters. The Balaban J connectivity index is 2.91. The zero-order chi connectivity index (χ0) is 7.84. The quantitative estimate of drug-likeness (QED) is 0.566. The van der Waals surface area contributed by atoms with E-state index >= 15 is 0 Å². The standard InChI is InChI=1S/C7H5ClN2O/c1-4-6-5(2-3-11-6)10-7(8)9-4/h2-3H,1H3. The summed E-state index contributed by atoms with van der Waals surface area (Å²) in [4.78, 5) is 7.89. The van der Waals surface area contributed by atoms with E-state index in [-0.39, 0.29) is 5.28 Å². The second-order valence-electron chi connectivity index (χ2n) is 2.21. The van der Waals surface area contributed by atoms with E-state index in [1.165, 1.54) is 0 Å². The van der Waals surface area contributed by atoms with Crippen molar-refractivity contribution < 1.29 is 4.42 Å². The van der Waals surface area contributed by atoms with Gasteiger partial charge in [0.25, 0.3) is 0 Å².